The fraction of sp³-hybridized carbons (Fsp3) is 0.833. The van der Waals surface area contributed by atoms with Gasteiger partial charge in [0.15, 0.2) is 0 Å². The second-order valence-corrected chi connectivity index (χ2v) is 5.18. The van der Waals surface area contributed by atoms with Gasteiger partial charge in [0.05, 0.1) is 7.11 Å². The normalized spacial score (nSPS) is 33.5. The van der Waals surface area contributed by atoms with E-state index < -0.39 is 5.54 Å². The highest BCUT2D eigenvalue weighted by atomic mass is 16.5. The first kappa shape index (κ1) is 12.4. The van der Waals surface area contributed by atoms with E-state index in [-0.39, 0.29) is 17.8 Å². The van der Waals surface area contributed by atoms with Crippen molar-refractivity contribution < 1.29 is 14.3 Å². The quantitative estimate of drug-likeness (QED) is 0.674. The topological polar surface area (TPSA) is 67.4 Å². The number of esters is 1. The van der Waals surface area contributed by atoms with Crippen LogP contribution in [0.3, 0.4) is 0 Å². The molecule has 1 saturated heterocycles. The zero-order valence-corrected chi connectivity index (χ0v) is 10.6. The minimum Gasteiger partial charge on any atom is -0.467 e. The summed E-state index contributed by atoms with van der Waals surface area (Å²) in [5.41, 5.74) is -0.893. The van der Waals surface area contributed by atoms with Crippen molar-refractivity contribution >= 4 is 11.9 Å². The van der Waals surface area contributed by atoms with Crippen LogP contribution in [0.2, 0.25) is 0 Å². The summed E-state index contributed by atoms with van der Waals surface area (Å²) < 4.78 is 4.74. The minimum atomic E-state index is -0.893. The standard InChI is InChI=1S/C12H20N2O3/c1-4-12(2,11(16)17-3)14-10(15)9-7-5-13-6-8(7)9/h7-9,13H,4-6H2,1-3H3,(H,14,15)/t7-,8+,9?,12?. The molecule has 2 unspecified atom stereocenters. The smallest absolute Gasteiger partial charge is 0.331 e. The number of carbonyl (C=O) groups excluding carboxylic acids is 2. The number of rotatable bonds is 4. The lowest BCUT2D eigenvalue weighted by Gasteiger charge is -2.26. The van der Waals surface area contributed by atoms with E-state index in [1.165, 1.54) is 7.11 Å². The lowest BCUT2D eigenvalue weighted by molar-refractivity contribution is -0.150. The van der Waals surface area contributed by atoms with Crippen LogP contribution in [-0.4, -0.2) is 37.6 Å². The van der Waals surface area contributed by atoms with Gasteiger partial charge in [0.1, 0.15) is 5.54 Å². The number of ether oxygens (including phenoxy) is 1. The largest absolute Gasteiger partial charge is 0.467 e. The molecule has 5 heteroatoms. The maximum absolute atomic E-state index is 12.1. The van der Waals surface area contributed by atoms with Crippen LogP contribution in [-0.2, 0) is 14.3 Å². The van der Waals surface area contributed by atoms with E-state index in [4.69, 9.17) is 4.74 Å². The number of piperidine rings is 1. The van der Waals surface area contributed by atoms with Crippen LogP contribution in [0.5, 0.6) is 0 Å². The Morgan fingerprint density at radius 1 is 1.41 bits per heavy atom. The molecule has 2 rings (SSSR count). The van der Waals surface area contributed by atoms with Crippen molar-refractivity contribution in [2.75, 3.05) is 20.2 Å². The number of carbonyl (C=O) groups is 2. The van der Waals surface area contributed by atoms with Crippen LogP contribution in [0.15, 0.2) is 0 Å². The number of fused-ring (bicyclic) bond motifs is 1. The summed E-state index contributed by atoms with van der Waals surface area (Å²) in [6.07, 6.45) is 0.533. The van der Waals surface area contributed by atoms with Crippen molar-refractivity contribution in [3.8, 4) is 0 Å². The van der Waals surface area contributed by atoms with Crippen LogP contribution >= 0.6 is 0 Å². The Balaban J connectivity index is 1.95. The second-order valence-electron chi connectivity index (χ2n) is 5.18. The van der Waals surface area contributed by atoms with Gasteiger partial charge in [-0.25, -0.2) is 4.79 Å². The molecule has 96 valence electrons. The SMILES string of the molecule is CCC(C)(NC(=O)C1[C@H]2CNC[C@@H]12)C(=O)OC. The van der Waals surface area contributed by atoms with Gasteiger partial charge < -0.3 is 15.4 Å². The summed E-state index contributed by atoms with van der Waals surface area (Å²) in [5, 5.41) is 6.09. The number of hydrogen-bond acceptors (Lipinski definition) is 4. The first-order chi connectivity index (χ1) is 8.03. The molecular weight excluding hydrogens is 220 g/mol. The average molecular weight is 240 g/mol. The zero-order chi connectivity index (χ0) is 12.6. The van der Waals surface area contributed by atoms with Gasteiger partial charge in [0, 0.05) is 5.92 Å². The van der Waals surface area contributed by atoms with Gasteiger partial charge >= 0.3 is 5.97 Å². The van der Waals surface area contributed by atoms with Gasteiger partial charge in [0.2, 0.25) is 5.91 Å². The maximum atomic E-state index is 12.1. The third kappa shape index (κ3) is 2.04. The lowest BCUT2D eigenvalue weighted by atomic mass is 9.98. The molecule has 2 aliphatic rings. The summed E-state index contributed by atoms with van der Waals surface area (Å²) in [4.78, 5) is 23.7. The van der Waals surface area contributed by atoms with Crippen molar-refractivity contribution in [1.82, 2.24) is 10.6 Å². The number of nitrogens with one attached hydrogen (secondary N) is 2. The third-order valence-corrected chi connectivity index (χ3v) is 4.14. The highest BCUT2D eigenvalue weighted by Crippen LogP contribution is 2.48. The molecule has 2 fully saturated rings. The van der Waals surface area contributed by atoms with Crippen molar-refractivity contribution in [3.63, 3.8) is 0 Å². The van der Waals surface area contributed by atoms with Crippen molar-refractivity contribution in [3.05, 3.63) is 0 Å². The molecule has 2 N–H and O–H groups in total. The van der Waals surface area contributed by atoms with Crippen molar-refractivity contribution in [2.45, 2.75) is 25.8 Å². The molecule has 0 aromatic carbocycles. The van der Waals surface area contributed by atoms with E-state index in [1.807, 2.05) is 6.92 Å². The molecular formula is C12H20N2O3. The number of methoxy groups -OCH3 is 1. The van der Waals surface area contributed by atoms with E-state index >= 15 is 0 Å². The monoisotopic (exact) mass is 240 g/mol. The second kappa shape index (κ2) is 4.29. The van der Waals surface area contributed by atoms with Crippen LogP contribution in [0.1, 0.15) is 20.3 Å². The summed E-state index contributed by atoms with van der Waals surface area (Å²) >= 11 is 0. The Bertz CT molecular complexity index is 335. The predicted molar refractivity (Wildman–Crippen MR) is 62.2 cm³/mol. The Morgan fingerprint density at radius 3 is 2.47 bits per heavy atom. The predicted octanol–water partition coefficient (Wildman–Crippen LogP) is -0.0903. The number of hydrogen-bond donors (Lipinski definition) is 2. The molecule has 5 nitrogen and oxygen atoms in total. The Kier molecular flexibility index (Phi) is 3.12. The molecule has 0 aromatic heterocycles. The molecule has 0 aromatic rings. The van der Waals surface area contributed by atoms with Crippen LogP contribution in [0.25, 0.3) is 0 Å². The summed E-state index contributed by atoms with van der Waals surface area (Å²) in [6, 6.07) is 0. The minimum absolute atomic E-state index is 0.00347. The highest BCUT2D eigenvalue weighted by Gasteiger charge is 2.57. The summed E-state index contributed by atoms with van der Waals surface area (Å²) in [7, 11) is 1.35. The maximum Gasteiger partial charge on any atom is 0.331 e. The van der Waals surface area contributed by atoms with Crippen LogP contribution in [0, 0.1) is 17.8 Å². The Morgan fingerprint density at radius 2 is 2.00 bits per heavy atom. The molecule has 17 heavy (non-hydrogen) atoms. The van der Waals surface area contributed by atoms with Crippen LogP contribution in [0.4, 0.5) is 0 Å². The highest BCUT2D eigenvalue weighted by molar-refractivity contribution is 5.90. The molecule has 4 atom stereocenters. The van der Waals surface area contributed by atoms with Gasteiger partial charge in [0.25, 0.3) is 0 Å². The van der Waals surface area contributed by atoms with Gasteiger partial charge in [-0.3, -0.25) is 4.79 Å². The van der Waals surface area contributed by atoms with Gasteiger partial charge in [-0.1, -0.05) is 6.92 Å². The van der Waals surface area contributed by atoms with Crippen molar-refractivity contribution in [2.24, 2.45) is 17.8 Å². The third-order valence-electron chi connectivity index (χ3n) is 4.14. The Labute approximate surface area is 101 Å². The fourth-order valence-electron chi connectivity index (χ4n) is 2.67. The molecule has 1 aliphatic carbocycles. The summed E-state index contributed by atoms with van der Waals surface area (Å²) in [6.45, 7) is 5.42. The van der Waals surface area contributed by atoms with Crippen LogP contribution < -0.4 is 10.6 Å². The van der Waals surface area contributed by atoms with Gasteiger partial charge in [-0.05, 0) is 38.3 Å². The first-order valence-electron chi connectivity index (χ1n) is 6.14. The zero-order valence-electron chi connectivity index (χ0n) is 10.6. The Hall–Kier alpha value is -1.10. The molecule has 0 spiro atoms. The van der Waals surface area contributed by atoms with Crippen molar-refractivity contribution in [1.29, 1.82) is 0 Å². The van der Waals surface area contributed by atoms with E-state index in [1.54, 1.807) is 6.92 Å². The molecule has 1 saturated carbocycles. The van der Waals surface area contributed by atoms with E-state index in [0.717, 1.165) is 13.1 Å². The molecule has 0 bridgehead atoms. The van der Waals surface area contributed by atoms with E-state index in [2.05, 4.69) is 10.6 Å². The molecule has 1 aliphatic heterocycles. The lowest BCUT2D eigenvalue weighted by Crippen LogP contribution is -2.53. The first-order valence-corrected chi connectivity index (χ1v) is 6.14. The summed E-state index contributed by atoms with van der Waals surface area (Å²) in [5.74, 6) is 0.642. The average Bonchev–Trinajstić information content (AvgIpc) is 2.82. The van der Waals surface area contributed by atoms with Gasteiger partial charge in [-0.15, -0.1) is 0 Å². The van der Waals surface area contributed by atoms with Gasteiger partial charge in [-0.2, -0.15) is 0 Å². The van der Waals surface area contributed by atoms with E-state index in [9.17, 15) is 9.59 Å². The molecule has 1 amide bonds. The number of amides is 1. The molecule has 0 radical (unpaired) electrons. The molecule has 1 heterocycles. The fourth-order valence-corrected chi connectivity index (χ4v) is 2.67. The van der Waals surface area contributed by atoms with E-state index in [0.29, 0.717) is 18.3 Å².